The first-order valence-electron chi connectivity index (χ1n) is 12.8. The quantitative estimate of drug-likeness (QED) is 0.269. The van der Waals surface area contributed by atoms with Gasteiger partial charge in [0.25, 0.3) is 0 Å². The highest BCUT2D eigenvalue weighted by atomic mass is 16.6. The van der Waals surface area contributed by atoms with Crippen LogP contribution in [0.1, 0.15) is 80.0 Å². The average Bonchev–Trinajstić information content (AvgIpc) is 3.42. The third kappa shape index (κ3) is 6.21. The van der Waals surface area contributed by atoms with Crippen molar-refractivity contribution in [3.63, 3.8) is 0 Å². The maximum absolute atomic E-state index is 12.5. The van der Waals surface area contributed by atoms with Gasteiger partial charge in [-0.15, -0.1) is 0 Å². The summed E-state index contributed by atoms with van der Waals surface area (Å²) in [5.74, 6) is 1.68. The number of fused-ring (bicyclic) bond motifs is 1. The summed E-state index contributed by atoms with van der Waals surface area (Å²) in [4.78, 5) is 28.8. The number of ether oxygens (including phenoxy) is 1. The smallest absolute Gasteiger partial charge is 0.408 e. The first-order valence-corrected chi connectivity index (χ1v) is 12.8. The van der Waals surface area contributed by atoms with Crippen molar-refractivity contribution in [1.82, 2.24) is 25.3 Å². The number of nitrogens with one attached hydrogen (secondary N) is 3. The van der Waals surface area contributed by atoms with Crippen molar-refractivity contribution in [2.75, 3.05) is 0 Å². The molecule has 7 nitrogen and oxygen atoms in total. The zero-order valence-corrected chi connectivity index (χ0v) is 23.4. The number of hydrogen-bond donors (Lipinski definition) is 3. The van der Waals surface area contributed by atoms with Crippen LogP contribution in [-0.2, 0) is 10.2 Å². The molecule has 1 unspecified atom stereocenters. The molecule has 7 heteroatoms. The number of benzene rings is 2. The number of alkyl carbamates (subject to hydrolysis) is 1. The SMILES string of the molecule is CC(C)(C)OC(=O)NC(c1nc2ccc(-c3ccc(-c4cnc(C(C)(C)C)[nH]4)cc3)cc2[nH]1)C(C)(C)C. The van der Waals surface area contributed by atoms with E-state index >= 15 is 0 Å². The minimum atomic E-state index is -0.572. The van der Waals surface area contributed by atoms with Crippen LogP contribution in [0.2, 0.25) is 0 Å². The normalized spacial score (nSPS) is 13.5. The lowest BCUT2D eigenvalue weighted by molar-refractivity contribution is 0.0458. The Bertz CT molecular complexity index is 1390. The molecule has 1 amide bonds. The summed E-state index contributed by atoms with van der Waals surface area (Å²) in [5.41, 5.74) is 5.19. The number of rotatable bonds is 4. The van der Waals surface area contributed by atoms with Crippen LogP contribution in [0.5, 0.6) is 0 Å². The van der Waals surface area contributed by atoms with E-state index in [2.05, 4.69) is 98.2 Å². The van der Waals surface area contributed by atoms with Gasteiger partial charge < -0.3 is 20.0 Å². The molecule has 0 bridgehead atoms. The number of imidazole rings is 2. The highest BCUT2D eigenvalue weighted by molar-refractivity contribution is 5.82. The second kappa shape index (κ2) is 9.36. The molecular weight excluding hydrogens is 462 g/mol. The van der Waals surface area contributed by atoms with Crippen molar-refractivity contribution >= 4 is 17.1 Å². The van der Waals surface area contributed by atoms with E-state index in [0.29, 0.717) is 5.82 Å². The Morgan fingerprint density at radius 1 is 0.865 bits per heavy atom. The van der Waals surface area contributed by atoms with E-state index in [1.807, 2.05) is 33.0 Å². The number of aromatic nitrogens is 4. The fourth-order valence-electron chi connectivity index (χ4n) is 4.16. The Morgan fingerprint density at radius 2 is 1.49 bits per heavy atom. The van der Waals surface area contributed by atoms with Gasteiger partial charge >= 0.3 is 6.09 Å². The number of amides is 1. The summed E-state index contributed by atoms with van der Waals surface area (Å²) in [5, 5.41) is 3.01. The second-order valence-electron chi connectivity index (χ2n) is 12.8. The molecule has 37 heavy (non-hydrogen) atoms. The number of aromatic amines is 2. The second-order valence-corrected chi connectivity index (χ2v) is 12.8. The summed E-state index contributed by atoms with van der Waals surface area (Å²) < 4.78 is 5.50. The van der Waals surface area contributed by atoms with Crippen LogP contribution in [0.4, 0.5) is 4.79 Å². The predicted octanol–water partition coefficient (Wildman–Crippen LogP) is 7.53. The van der Waals surface area contributed by atoms with Crippen LogP contribution in [0.3, 0.4) is 0 Å². The summed E-state index contributed by atoms with van der Waals surface area (Å²) >= 11 is 0. The molecule has 0 saturated carbocycles. The van der Waals surface area contributed by atoms with Gasteiger partial charge in [0.05, 0.1) is 29.0 Å². The lowest BCUT2D eigenvalue weighted by Gasteiger charge is -2.31. The number of carbonyl (C=O) groups excluding carboxylic acids is 1. The third-order valence-electron chi connectivity index (χ3n) is 6.12. The van der Waals surface area contributed by atoms with Crippen molar-refractivity contribution in [2.24, 2.45) is 5.41 Å². The average molecular weight is 502 g/mol. The van der Waals surface area contributed by atoms with E-state index in [1.165, 1.54) is 0 Å². The van der Waals surface area contributed by atoms with Gasteiger partial charge in [0.1, 0.15) is 17.2 Å². The summed E-state index contributed by atoms with van der Waals surface area (Å²) in [6.07, 6.45) is 1.44. The van der Waals surface area contributed by atoms with Crippen LogP contribution in [0.15, 0.2) is 48.7 Å². The van der Waals surface area contributed by atoms with Gasteiger partial charge in [-0.2, -0.15) is 0 Å². The van der Waals surface area contributed by atoms with Gasteiger partial charge in [-0.05, 0) is 55.0 Å². The molecule has 2 aromatic carbocycles. The van der Waals surface area contributed by atoms with Gasteiger partial charge in [-0.25, -0.2) is 14.8 Å². The molecule has 4 aromatic rings. The molecule has 1 atom stereocenters. The Hall–Kier alpha value is -3.61. The molecule has 4 rings (SSSR count). The Kier molecular flexibility index (Phi) is 6.69. The number of carbonyl (C=O) groups is 1. The van der Waals surface area contributed by atoms with Gasteiger partial charge in [0.2, 0.25) is 0 Å². The number of hydrogen-bond acceptors (Lipinski definition) is 4. The lowest BCUT2D eigenvalue weighted by Crippen LogP contribution is -2.40. The molecule has 0 spiro atoms. The maximum Gasteiger partial charge on any atom is 0.408 e. The van der Waals surface area contributed by atoms with E-state index in [1.54, 1.807) is 0 Å². The van der Waals surface area contributed by atoms with Gasteiger partial charge in [-0.1, -0.05) is 71.9 Å². The summed E-state index contributed by atoms with van der Waals surface area (Å²) in [6.45, 7) is 18.2. The Labute approximate surface area is 219 Å². The van der Waals surface area contributed by atoms with Crippen molar-refractivity contribution in [3.8, 4) is 22.4 Å². The zero-order valence-electron chi connectivity index (χ0n) is 23.4. The molecule has 3 N–H and O–H groups in total. The van der Waals surface area contributed by atoms with Crippen LogP contribution < -0.4 is 5.32 Å². The van der Waals surface area contributed by atoms with Crippen LogP contribution in [0.25, 0.3) is 33.4 Å². The molecule has 2 aromatic heterocycles. The van der Waals surface area contributed by atoms with Crippen molar-refractivity contribution in [1.29, 1.82) is 0 Å². The van der Waals surface area contributed by atoms with E-state index in [-0.39, 0.29) is 16.9 Å². The Morgan fingerprint density at radius 3 is 2.05 bits per heavy atom. The van der Waals surface area contributed by atoms with E-state index < -0.39 is 11.7 Å². The zero-order chi connectivity index (χ0) is 27.2. The molecule has 196 valence electrons. The Balaban J connectivity index is 1.59. The molecule has 2 heterocycles. The monoisotopic (exact) mass is 501 g/mol. The summed E-state index contributed by atoms with van der Waals surface area (Å²) in [6, 6.07) is 14.3. The standard InChI is InChI=1S/C30H39N5O2/c1-28(2,3)24(35-27(36)37-30(7,8)9)25-32-21-15-14-20(16-22(21)33-25)18-10-12-19(13-11-18)23-17-31-26(34-23)29(4,5)6/h10-17,24H,1-9H3,(H,31,34)(H,32,33)(H,35,36). The fourth-order valence-corrected chi connectivity index (χ4v) is 4.16. The van der Waals surface area contributed by atoms with Gasteiger partial charge in [0.15, 0.2) is 0 Å². The molecule has 0 aliphatic heterocycles. The first-order chi connectivity index (χ1) is 17.1. The van der Waals surface area contributed by atoms with E-state index in [0.717, 1.165) is 39.2 Å². The maximum atomic E-state index is 12.5. The minimum absolute atomic E-state index is 0.0229. The van der Waals surface area contributed by atoms with Crippen molar-refractivity contribution in [3.05, 3.63) is 60.3 Å². The fraction of sp³-hybridized carbons (Fsp3) is 0.433. The molecule has 0 aliphatic rings. The molecule has 0 radical (unpaired) electrons. The summed E-state index contributed by atoms with van der Waals surface area (Å²) in [7, 11) is 0. The third-order valence-corrected chi connectivity index (χ3v) is 6.12. The number of H-pyrrole nitrogens is 2. The number of nitrogens with zero attached hydrogens (tertiary/aromatic N) is 2. The molecular formula is C30H39N5O2. The minimum Gasteiger partial charge on any atom is -0.444 e. The molecule has 0 aliphatic carbocycles. The van der Waals surface area contributed by atoms with E-state index in [9.17, 15) is 4.79 Å². The van der Waals surface area contributed by atoms with Crippen molar-refractivity contribution in [2.45, 2.75) is 79.4 Å². The van der Waals surface area contributed by atoms with Crippen LogP contribution >= 0.6 is 0 Å². The van der Waals surface area contributed by atoms with Crippen molar-refractivity contribution < 1.29 is 9.53 Å². The molecule has 0 saturated heterocycles. The lowest BCUT2D eigenvalue weighted by atomic mass is 9.86. The van der Waals surface area contributed by atoms with Gasteiger partial charge in [0, 0.05) is 5.41 Å². The van der Waals surface area contributed by atoms with Crippen LogP contribution in [0, 0.1) is 5.41 Å². The highest BCUT2D eigenvalue weighted by Crippen LogP contribution is 2.34. The highest BCUT2D eigenvalue weighted by Gasteiger charge is 2.32. The van der Waals surface area contributed by atoms with E-state index in [4.69, 9.17) is 9.72 Å². The first kappa shape index (κ1) is 26.5. The van der Waals surface area contributed by atoms with Crippen LogP contribution in [-0.4, -0.2) is 31.6 Å². The van der Waals surface area contributed by atoms with Gasteiger partial charge in [-0.3, -0.25) is 0 Å². The largest absolute Gasteiger partial charge is 0.444 e. The predicted molar refractivity (Wildman–Crippen MR) is 149 cm³/mol. The molecule has 0 fully saturated rings. The topological polar surface area (TPSA) is 95.7 Å².